The molecular weight excluding hydrogens is 270 g/mol. The third-order valence-electron chi connectivity index (χ3n) is 3.07. The van der Waals surface area contributed by atoms with E-state index in [4.69, 9.17) is 0 Å². The Morgan fingerprint density at radius 2 is 2.00 bits per heavy atom. The summed E-state index contributed by atoms with van der Waals surface area (Å²) in [5.41, 5.74) is -1.73. The van der Waals surface area contributed by atoms with Gasteiger partial charge in [0.2, 0.25) is 0 Å². The number of nitro benzene ring substituents is 2. The van der Waals surface area contributed by atoms with E-state index in [0.29, 0.717) is 18.9 Å². The van der Waals surface area contributed by atoms with Gasteiger partial charge in [0.1, 0.15) is 5.82 Å². The van der Waals surface area contributed by atoms with Crippen molar-refractivity contribution in [2.45, 2.75) is 6.54 Å². The molecule has 20 heavy (non-hydrogen) atoms. The largest absolute Gasteiger partial charge is 0.369 e. The van der Waals surface area contributed by atoms with Gasteiger partial charge in [-0.2, -0.15) is 4.98 Å². The average molecular weight is 277 g/mol. The number of benzene rings is 1. The number of nitrogens with zero attached hydrogens (tertiary/aromatic N) is 4. The molecule has 10 heteroatoms. The van der Waals surface area contributed by atoms with Crippen LogP contribution in [-0.2, 0) is 6.54 Å². The van der Waals surface area contributed by atoms with Crippen LogP contribution in [0.3, 0.4) is 0 Å². The normalized spacial score (nSPS) is 13.0. The van der Waals surface area contributed by atoms with Crippen LogP contribution in [0.4, 0.5) is 17.2 Å². The zero-order valence-corrected chi connectivity index (χ0v) is 9.90. The Hall–Kier alpha value is -3.04. The lowest BCUT2D eigenvalue weighted by molar-refractivity contribution is -0.393. The molecule has 1 aliphatic heterocycles. The number of anilines is 1. The number of nitro groups is 2. The van der Waals surface area contributed by atoms with Gasteiger partial charge >= 0.3 is 11.4 Å². The average Bonchev–Trinajstić information content (AvgIpc) is 2.87. The highest BCUT2D eigenvalue weighted by Gasteiger charge is 2.26. The molecule has 0 bridgehead atoms. The SMILES string of the molecule is O=c1nc2c([N+](=O)[O-])cc([N+](=O)[O-])cc2c2n1CCN2. The number of hydrogen-bond donors (Lipinski definition) is 1. The molecule has 0 aliphatic carbocycles. The van der Waals surface area contributed by atoms with Crippen LogP contribution in [0, 0.1) is 20.2 Å². The quantitative estimate of drug-likeness (QED) is 0.628. The molecule has 2 heterocycles. The summed E-state index contributed by atoms with van der Waals surface area (Å²) in [5.74, 6) is 0.326. The van der Waals surface area contributed by atoms with E-state index >= 15 is 0 Å². The Balaban J connectivity index is 2.49. The zero-order valence-electron chi connectivity index (χ0n) is 9.90. The molecule has 0 saturated heterocycles. The van der Waals surface area contributed by atoms with Crippen LogP contribution in [0.5, 0.6) is 0 Å². The Kier molecular flexibility index (Phi) is 2.39. The summed E-state index contributed by atoms with van der Waals surface area (Å²) in [4.78, 5) is 35.8. The fourth-order valence-electron chi connectivity index (χ4n) is 2.23. The van der Waals surface area contributed by atoms with Crippen molar-refractivity contribution in [2.24, 2.45) is 0 Å². The topological polar surface area (TPSA) is 133 Å². The van der Waals surface area contributed by atoms with E-state index in [1.54, 1.807) is 0 Å². The zero-order chi connectivity index (χ0) is 14.4. The first-order valence-corrected chi connectivity index (χ1v) is 5.60. The minimum atomic E-state index is -0.784. The van der Waals surface area contributed by atoms with Crippen molar-refractivity contribution in [3.05, 3.63) is 42.8 Å². The predicted molar refractivity (Wildman–Crippen MR) is 67.8 cm³/mol. The van der Waals surface area contributed by atoms with Crippen molar-refractivity contribution < 1.29 is 9.85 Å². The lowest BCUT2D eigenvalue weighted by Crippen LogP contribution is -2.21. The Morgan fingerprint density at radius 3 is 2.65 bits per heavy atom. The lowest BCUT2D eigenvalue weighted by Gasteiger charge is -2.06. The molecule has 0 amide bonds. The van der Waals surface area contributed by atoms with E-state index in [2.05, 4.69) is 10.3 Å². The number of aromatic nitrogens is 2. The van der Waals surface area contributed by atoms with E-state index in [9.17, 15) is 25.0 Å². The molecule has 1 aliphatic rings. The Bertz CT molecular complexity index is 827. The van der Waals surface area contributed by atoms with Gasteiger partial charge in [-0.3, -0.25) is 24.8 Å². The van der Waals surface area contributed by atoms with Gasteiger partial charge < -0.3 is 5.32 Å². The summed E-state index contributed by atoms with van der Waals surface area (Å²) in [6.45, 7) is 0.833. The number of fused-ring (bicyclic) bond motifs is 3. The molecule has 0 atom stereocenters. The number of rotatable bonds is 2. The molecule has 1 aromatic carbocycles. The van der Waals surface area contributed by atoms with Gasteiger partial charge in [-0.05, 0) is 0 Å². The molecule has 3 rings (SSSR count). The standard InChI is InChI=1S/C10H7N5O5/c16-10-12-8-6(9-11-1-2-13(9)10)3-5(14(17)18)4-7(8)15(19)20/h3-4,11H,1-2H2. The second-order valence-electron chi connectivity index (χ2n) is 4.20. The van der Waals surface area contributed by atoms with Crippen molar-refractivity contribution in [2.75, 3.05) is 11.9 Å². The molecule has 1 aromatic heterocycles. The molecule has 1 N–H and O–H groups in total. The van der Waals surface area contributed by atoms with Gasteiger partial charge in [0.15, 0.2) is 5.52 Å². The highest BCUT2D eigenvalue weighted by Crippen LogP contribution is 2.33. The highest BCUT2D eigenvalue weighted by atomic mass is 16.6. The van der Waals surface area contributed by atoms with Gasteiger partial charge in [0.05, 0.1) is 21.3 Å². The van der Waals surface area contributed by atoms with Crippen LogP contribution in [0.25, 0.3) is 10.9 Å². The van der Waals surface area contributed by atoms with Crippen molar-refractivity contribution in [3.63, 3.8) is 0 Å². The van der Waals surface area contributed by atoms with Gasteiger partial charge in [-0.25, -0.2) is 4.79 Å². The van der Waals surface area contributed by atoms with Crippen LogP contribution >= 0.6 is 0 Å². The molecule has 0 spiro atoms. The minimum Gasteiger partial charge on any atom is -0.369 e. The van der Waals surface area contributed by atoms with E-state index < -0.39 is 26.9 Å². The summed E-state index contributed by atoms with van der Waals surface area (Å²) in [5, 5.41) is 25.0. The third kappa shape index (κ3) is 1.58. The fraction of sp³-hybridized carbons (Fsp3) is 0.200. The van der Waals surface area contributed by atoms with Gasteiger partial charge in [-0.15, -0.1) is 0 Å². The fourth-order valence-corrected chi connectivity index (χ4v) is 2.23. The van der Waals surface area contributed by atoms with Crippen molar-refractivity contribution in [1.82, 2.24) is 9.55 Å². The second-order valence-corrected chi connectivity index (χ2v) is 4.20. The first-order valence-electron chi connectivity index (χ1n) is 5.60. The minimum absolute atomic E-state index is 0.147. The maximum atomic E-state index is 11.8. The van der Waals surface area contributed by atoms with Crippen LogP contribution in [0.15, 0.2) is 16.9 Å². The third-order valence-corrected chi connectivity index (χ3v) is 3.07. The molecule has 10 nitrogen and oxygen atoms in total. The van der Waals surface area contributed by atoms with Crippen molar-refractivity contribution in [3.8, 4) is 0 Å². The number of non-ortho nitro benzene ring substituents is 2. The molecule has 0 radical (unpaired) electrons. The molecule has 0 unspecified atom stereocenters. The number of hydrogen-bond acceptors (Lipinski definition) is 7. The van der Waals surface area contributed by atoms with E-state index in [1.165, 1.54) is 10.6 Å². The van der Waals surface area contributed by atoms with Crippen LogP contribution < -0.4 is 11.0 Å². The first-order chi connectivity index (χ1) is 9.49. The molecule has 2 aromatic rings. The molecule has 0 saturated carbocycles. The Morgan fingerprint density at radius 1 is 1.25 bits per heavy atom. The smallest absolute Gasteiger partial charge is 0.350 e. The van der Waals surface area contributed by atoms with Crippen LogP contribution in [0.2, 0.25) is 0 Å². The van der Waals surface area contributed by atoms with Crippen molar-refractivity contribution in [1.29, 1.82) is 0 Å². The maximum absolute atomic E-state index is 11.8. The number of nitrogens with one attached hydrogen (secondary N) is 1. The second kappa shape index (κ2) is 3.98. The van der Waals surface area contributed by atoms with Gasteiger partial charge in [0, 0.05) is 19.2 Å². The highest BCUT2D eigenvalue weighted by molar-refractivity contribution is 5.97. The summed E-state index contributed by atoms with van der Waals surface area (Å²) >= 11 is 0. The predicted octanol–water partition coefficient (Wildman–Crippen LogP) is 0.638. The maximum Gasteiger partial charge on any atom is 0.350 e. The lowest BCUT2D eigenvalue weighted by atomic mass is 10.2. The van der Waals surface area contributed by atoms with Crippen molar-refractivity contribution >= 4 is 28.1 Å². The summed E-state index contributed by atoms with van der Waals surface area (Å²) in [7, 11) is 0. The summed E-state index contributed by atoms with van der Waals surface area (Å²) in [6.07, 6.45) is 0. The van der Waals surface area contributed by atoms with Gasteiger partial charge in [0.25, 0.3) is 5.69 Å². The van der Waals surface area contributed by atoms with E-state index in [0.717, 1.165) is 6.07 Å². The first kappa shape index (κ1) is 12.0. The van der Waals surface area contributed by atoms with E-state index in [-0.39, 0.29) is 10.9 Å². The van der Waals surface area contributed by atoms with Crippen LogP contribution in [-0.4, -0.2) is 25.9 Å². The molecular formula is C10H7N5O5. The molecule has 102 valence electrons. The van der Waals surface area contributed by atoms with E-state index in [1.807, 2.05) is 0 Å². The molecule has 0 fully saturated rings. The summed E-state index contributed by atoms with van der Waals surface area (Å²) in [6, 6.07) is 1.99. The monoisotopic (exact) mass is 277 g/mol. The van der Waals surface area contributed by atoms with Crippen LogP contribution in [0.1, 0.15) is 0 Å². The summed E-state index contributed by atoms with van der Waals surface area (Å²) < 4.78 is 1.30. The Labute approximate surface area is 110 Å². The van der Waals surface area contributed by atoms with Gasteiger partial charge in [-0.1, -0.05) is 0 Å².